The molecule has 0 saturated carbocycles. The predicted molar refractivity (Wildman–Crippen MR) is 73.1 cm³/mol. The Hall–Kier alpha value is -0.430. The third kappa shape index (κ3) is 2.63. The summed E-state index contributed by atoms with van der Waals surface area (Å²) >= 11 is 5.28. The number of allylic oxidation sites excluding steroid dienone is 1. The maximum atomic E-state index is 4.17. The van der Waals surface area contributed by atoms with Gasteiger partial charge >= 0.3 is 0 Å². The van der Waals surface area contributed by atoms with Crippen LogP contribution < -0.4 is 4.83 Å². The molecule has 0 aromatic rings. The molecular formula is C10H14BrN4S+. The van der Waals surface area contributed by atoms with Crippen LogP contribution >= 0.6 is 27.9 Å². The molecule has 1 N–H and O–H groups in total. The highest BCUT2D eigenvalue weighted by atomic mass is 79.9. The number of rotatable bonds is 4. The van der Waals surface area contributed by atoms with Gasteiger partial charge in [0, 0.05) is 10.1 Å². The molecule has 1 unspecified atom stereocenters. The van der Waals surface area contributed by atoms with Gasteiger partial charge in [0.15, 0.2) is 0 Å². The number of quaternary nitrogens is 1. The second-order valence-electron chi connectivity index (χ2n) is 4.27. The summed E-state index contributed by atoms with van der Waals surface area (Å²) in [6.45, 7) is 4.29. The lowest BCUT2D eigenvalue weighted by Crippen LogP contribution is -2.48. The fourth-order valence-electron chi connectivity index (χ4n) is 1.31. The predicted octanol–water partition coefficient (Wildman–Crippen LogP) is 2.57. The Balaban J connectivity index is 1.99. The summed E-state index contributed by atoms with van der Waals surface area (Å²) in [6.07, 6.45) is 9.24. The first-order valence-corrected chi connectivity index (χ1v) is 6.72. The molecule has 4 nitrogen and oxygen atoms in total. The average Bonchev–Trinajstić information content (AvgIpc) is 2.59. The number of alkyl halides is 1. The molecule has 0 aromatic carbocycles. The van der Waals surface area contributed by atoms with E-state index in [0.717, 1.165) is 11.4 Å². The molecule has 6 heteroatoms. The molecule has 0 saturated heterocycles. The monoisotopic (exact) mass is 301 g/mol. The standard InChI is InChI=1S/C10H14BrN4S/c1-10(2,11)7-16-14-15-4-3-12-5-9(15)6-13-8-15/h3-6,8,14H,7H2,1-2H3/q+1. The van der Waals surface area contributed by atoms with Gasteiger partial charge in [-0.05, 0) is 25.8 Å². The van der Waals surface area contributed by atoms with Crippen molar-refractivity contribution in [2.75, 3.05) is 5.75 Å². The highest BCUT2D eigenvalue weighted by Crippen LogP contribution is 2.25. The minimum atomic E-state index is 0.122. The van der Waals surface area contributed by atoms with Gasteiger partial charge in [0.1, 0.15) is 6.20 Å². The number of hydrogen-bond donors (Lipinski definition) is 1. The van der Waals surface area contributed by atoms with Crippen molar-refractivity contribution < 1.29 is 4.59 Å². The normalized spacial score (nSPS) is 27.1. The first kappa shape index (κ1) is 12.0. The molecule has 1 atom stereocenters. The lowest BCUT2D eigenvalue weighted by atomic mass is 10.3. The number of aliphatic imine (C=N–C) groups is 2. The van der Waals surface area contributed by atoms with Crippen molar-refractivity contribution in [1.29, 1.82) is 0 Å². The van der Waals surface area contributed by atoms with E-state index < -0.39 is 0 Å². The van der Waals surface area contributed by atoms with E-state index in [1.165, 1.54) is 0 Å². The van der Waals surface area contributed by atoms with E-state index in [4.69, 9.17) is 0 Å². The zero-order valence-electron chi connectivity index (χ0n) is 9.22. The van der Waals surface area contributed by atoms with E-state index in [1.54, 1.807) is 18.1 Å². The number of nitrogens with one attached hydrogen (secondary N) is 1. The fourth-order valence-corrected chi connectivity index (χ4v) is 2.49. The smallest absolute Gasteiger partial charge is 0.220 e. The molecule has 0 spiro atoms. The van der Waals surface area contributed by atoms with Crippen LogP contribution in [0.15, 0.2) is 34.3 Å². The summed E-state index contributed by atoms with van der Waals surface area (Å²) in [5.41, 5.74) is 1.03. The summed E-state index contributed by atoms with van der Waals surface area (Å²) in [4.78, 5) is 11.6. The van der Waals surface area contributed by atoms with Gasteiger partial charge in [-0.1, -0.05) is 20.8 Å². The van der Waals surface area contributed by atoms with E-state index in [1.807, 2.05) is 25.0 Å². The second-order valence-corrected chi connectivity index (χ2v) is 7.18. The van der Waals surface area contributed by atoms with E-state index >= 15 is 0 Å². The fraction of sp³-hybridized carbons (Fsp3) is 0.400. The largest absolute Gasteiger partial charge is 0.253 e. The maximum Gasteiger partial charge on any atom is 0.220 e. The molecule has 2 aliphatic heterocycles. The highest BCUT2D eigenvalue weighted by Gasteiger charge is 2.34. The van der Waals surface area contributed by atoms with Crippen molar-refractivity contribution in [2.24, 2.45) is 9.98 Å². The number of halogens is 1. The van der Waals surface area contributed by atoms with Crippen LogP contribution in [0.2, 0.25) is 0 Å². The maximum absolute atomic E-state index is 4.17. The molecule has 2 aliphatic rings. The second kappa shape index (κ2) is 4.44. The van der Waals surface area contributed by atoms with Crippen molar-refractivity contribution in [3.8, 4) is 0 Å². The summed E-state index contributed by atoms with van der Waals surface area (Å²) in [6, 6.07) is 0. The lowest BCUT2D eigenvalue weighted by molar-refractivity contribution is -0.763. The molecule has 16 heavy (non-hydrogen) atoms. The molecule has 0 bridgehead atoms. The van der Waals surface area contributed by atoms with Crippen LogP contribution in [0, 0.1) is 0 Å². The van der Waals surface area contributed by atoms with Crippen molar-refractivity contribution >= 4 is 40.4 Å². The van der Waals surface area contributed by atoms with Gasteiger partial charge in [-0.2, -0.15) is 0 Å². The van der Waals surface area contributed by atoms with Crippen LogP contribution in [0.3, 0.4) is 0 Å². The summed E-state index contributed by atoms with van der Waals surface area (Å²) in [7, 11) is 0. The van der Waals surface area contributed by atoms with Gasteiger partial charge in [-0.15, -0.1) is 4.59 Å². The quantitative estimate of drug-likeness (QED) is 0.492. The van der Waals surface area contributed by atoms with E-state index in [0.29, 0.717) is 4.59 Å². The van der Waals surface area contributed by atoms with Gasteiger partial charge in [-0.25, -0.2) is 4.99 Å². The molecule has 2 rings (SSSR count). The number of hydrogen-bond acceptors (Lipinski definition) is 4. The van der Waals surface area contributed by atoms with Crippen LogP contribution in [0.5, 0.6) is 0 Å². The zero-order chi connectivity index (χ0) is 11.6. The Labute approximate surface area is 108 Å². The molecule has 86 valence electrons. The first-order valence-electron chi connectivity index (χ1n) is 4.94. The van der Waals surface area contributed by atoms with Crippen LogP contribution in [-0.2, 0) is 0 Å². The van der Waals surface area contributed by atoms with Crippen LogP contribution in [0.4, 0.5) is 0 Å². The summed E-state index contributed by atoms with van der Waals surface area (Å²) in [5.74, 6) is 0.957. The van der Waals surface area contributed by atoms with Gasteiger partial charge in [0.05, 0.1) is 18.6 Å². The molecule has 0 amide bonds. The molecule has 0 aromatic heterocycles. The SMILES string of the molecule is CC(C)(Br)CSN[N+]12C=CN=CC1=CN=C2. The Kier molecular flexibility index (Phi) is 3.34. The van der Waals surface area contributed by atoms with Crippen molar-refractivity contribution in [1.82, 2.24) is 4.83 Å². The van der Waals surface area contributed by atoms with Gasteiger partial charge in [-0.3, -0.25) is 4.99 Å². The Morgan fingerprint density at radius 1 is 1.50 bits per heavy atom. The minimum Gasteiger partial charge on any atom is -0.253 e. The first-order chi connectivity index (χ1) is 7.52. The van der Waals surface area contributed by atoms with Crippen LogP contribution in [0.1, 0.15) is 13.8 Å². The molecule has 0 aliphatic carbocycles. The summed E-state index contributed by atoms with van der Waals surface area (Å²) < 4.78 is 0.564. The van der Waals surface area contributed by atoms with Crippen molar-refractivity contribution in [3.05, 3.63) is 24.3 Å². The Bertz CT molecular complexity index is 394. The average molecular weight is 302 g/mol. The van der Waals surface area contributed by atoms with Gasteiger partial charge in [0.25, 0.3) is 0 Å². The highest BCUT2D eigenvalue weighted by molar-refractivity contribution is 9.10. The molecule has 0 radical (unpaired) electrons. The topological polar surface area (TPSA) is 36.8 Å². The van der Waals surface area contributed by atoms with E-state index in [2.05, 4.69) is 44.6 Å². The van der Waals surface area contributed by atoms with Crippen molar-refractivity contribution in [2.45, 2.75) is 18.2 Å². The summed E-state index contributed by atoms with van der Waals surface area (Å²) in [5, 5.41) is 0. The third-order valence-corrected chi connectivity index (χ3v) is 4.06. The number of fused-ring (bicyclic) bond motifs is 1. The van der Waals surface area contributed by atoms with Gasteiger partial charge < -0.3 is 0 Å². The van der Waals surface area contributed by atoms with Gasteiger partial charge in [0.2, 0.25) is 12.0 Å². The molecule has 2 heterocycles. The van der Waals surface area contributed by atoms with Crippen LogP contribution in [-0.4, -0.2) is 27.2 Å². The minimum absolute atomic E-state index is 0.122. The van der Waals surface area contributed by atoms with Crippen molar-refractivity contribution in [3.63, 3.8) is 0 Å². The van der Waals surface area contributed by atoms with E-state index in [-0.39, 0.29) is 4.32 Å². The third-order valence-electron chi connectivity index (χ3n) is 2.11. The molecule has 0 fully saturated rings. The van der Waals surface area contributed by atoms with Crippen LogP contribution in [0.25, 0.3) is 0 Å². The Morgan fingerprint density at radius 3 is 3.06 bits per heavy atom. The Morgan fingerprint density at radius 2 is 2.31 bits per heavy atom. The van der Waals surface area contributed by atoms with E-state index in [9.17, 15) is 0 Å². The molecular weight excluding hydrogens is 288 g/mol. The zero-order valence-corrected chi connectivity index (χ0v) is 11.6. The lowest BCUT2D eigenvalue weighted by Gasteiger charge is -2.27. The number of nitrogens with zero attached hydrogens (tertiary/aromatic N) is 3.